The van der Waals surface area contributed by atoms with Gasteiger partial charge in [-0.25, -0.2) is 4.98 Å². The van der Waals surface area contributed by atoms with Gasteiger partial charge >= 0.3 is 0 Å². The summed E-state index contributed by atoms with van der Waals surface area (Å²) in [6.07, 6.45) is 6.35. The molecule has 5 heteroatoms. The fourth-order valence-corrected chi connectivity index (χ4v) is 3.75. The van der Waals surface area contributed by atoms with Gasteiger partial charge in [-0.3, -0.25) is 0 Å². The Hall–Kier alpha value is -2.33. The van der Waals surface area contributed by atoms with E-state index >= 15 is 0 Å². The minimum Gasteiger partial charge on any atom is -0.367 e. The number of para-hydroxylation sites is 1. The minimum absolute atomic E-state index is 0.503. The highest BCUT2D eigenvalue weighted by Gasteiger charge is 2.16. The van der Waals surface area contributed by atoms with Gasteiger partial charge in [-0.05, 0) is 42.7 Å². The summed E-state index contributed by atoms with van der Waals surface area (Å²) in [4.78, 5) is 9.44. The van der Waals surface area contributed by atoms with E-state index in [9.17, 15) is 0 Å². The van der Waals surface area contributed by atoms with E-state index in [1.54, 1.807) is 0 Å². The Morgan fingerprint density at radius 1 is 0.962 bits per heavy atom. The molecule has 0 aliphatic heterocycles. The van der Waals surface area contributed by atoms with E-state index in [-0.39, 0.29) is 0 Å². The van der Waals surface area contributed by atoms with Crippen LogP contribution in [0.5, 0.6) is 0 Å². The number of fused-ring (bicyclic) bond motifs is 1. The summed E-state index contributed by atoms with van der Waals surface area (Å²) in [5.74, 6) is 1.57. The van der Waals surface area contributed by atoms with E-state index in [0.717, 1.165) is 27.3 Å². The lowest BCUT2D eigenvalue weighted by molar-refractivity contribution is 0.462. The molecular formula is C21H23ClN4. The first-order valence-electron chi connectivity index (χ1n) is 9.29. The smallest absolute Gasteiger partial charge is 0.225 e. The number of rotatable bonds is 5. The normalized spacial score (nSPS) is 15.1. The highest BCUT2D eigenvalue weighted by Crippen LogP contribution is 2.26. The van der Waals surface area contributed by atoms with Crippen molar-refractivity contribution in [2.45, 2.75) is 44.7 Å². The van der Waals surface area contributed by atoms with Crippen LogP contribution in [0.1, 0.15) is 37.7 Å². The summed E-state index contributed by atoms with van der Waals surface area (Å²) in [6, 6.07) is 16.5. The van der Waals surface area contributed by atoms with E-state index in [1.165, 1.54) is 32.1 Å². The lowest BCUT2D eigenvalue weighted by atomic mass is 9.95. The first kappa shape index (κ1) is 17.1. The monoisotopic (exact) mass is 366 g/mol. The van der Waals surface area contributed by atoms with Gasteiger partial charge in [0.05, 0.1) is 5.52 Å². The van der Waals surface area contributed by atoms with E-state index in [1.807, 2.05) is 42.5 Å². The van der Waals surface area contributed by atoms with Gasteiger partial charge in [-0.1, -0.05) is 55.1 Å². The van der Waals surface area contributed by atoms with Crippen molar-refractivity contribution in [3.05, 3.63) is 59.1 Å². The molecule has 1 aromatic heterocycles. The maximum atomic E-state index is 6.07. The zero-order valence-electron chi connectivity index (χ0n) is 14.7. The van der Waals surface area contributed by atoms with Gasteiger partial charge in [-0.15, -0.1) is 0 Å². The quantitative estimate of drug-likeness (QED) is 0.613. The fourth-order valence-electron chi connectivity index (χ4n) is 3.53. The lowest BCUT2D eigenvalue weighted by Gasteiger charge is -2.24. The van der Waals surface area contributed by atoms with Crippen molar-refractivity contribution in [1.82, 2.24) is 9.97 Å². The molecular weight excluding hydrogens is 344 g/mol. The first-order chi connectivity index (χ1) is 12.8. The van der Waals surface area contributed by atoms with E-state index in [4.69, 9.17) is 16.6 Å². The van der Waals surface area contributed by atoms with Crippen molar-refractivity contribution in [2.24, 2.45) is 0 Å². The van der Waals surface area contributed by atoms with Gasteiger partial charge < -0.3 is 10.6 Å². The zero-order chi connectivity index (χ0) is 17.8. The van der Waals surface area contributed by atoms with Crippen LogP contribution in [0.25, 0.3) is 10.9 Å². The van der Waals surface area contributed by atoms with Crippen LogP contribution in [0.15, 0.2) is 48.5 Å². The second-order valence-corrected chi connectivity index (χ2v) is 7.31. The summed E-state index contributed by atoms with van der Waals surface area (Å²) in [5, 5.41) is 8.81. The zero-order valence-corrected chi connectivity index (χ0v) is 15.5. The van der Waals surface area contributed by atoms with Crippen LogP contribution in [-0.4, -0.2) is 16.0 Å². The minimum atomic E-state index is 0.503. The van der Waals surface area contributed by atoms with Crippen molar-refractivity contribution in [2.75, 3.05) is 10.6 Å². The third-order valence-electron chi connectivity index (χ3n) is 4.89. The molecule has 134 valence electrons. The average molecular weight is 367 g/mol. The predicted octanol–water partition coefficient (Wildman–Crippen LogP) is 5.64. The second kappa shape index (κ2) is 7.92. The summed E-state index contributed by atoms with van der Waals surface area (Å²) >= 11 is 6.07. The molecule has 1 fully saturated rings. The highest BCUT2D eigenvalue weighted by molar-refractivity contribution is 6.30. The molecule has 0 atom stereocenters. The average Bonchev–Trinajstić information content (AvgIpc) is 2.67. The van der Waals surface area contributed by atoms with Gasteiger partial charge in [-0.2, -0.15) is 4.98 Å². The van der Waals surface area contributed by atoms with Gasteiger partial charge in [0, 0.05) is 23.0 Å². The number of nitrogens with one attached hydrogen (secondary N) is 2. The highest BCUT2D eigenvalue weighted by atomic mass is 35.5. The van der Waals surface area contributed by atoms with Crippen molar-refractivity contribution in [3.8, 4) is 0 Å². The number of halogens is 1. The van der Waals surface area contributed by atoms with Gasteiger partial charge in [0.2, 0.25) is 5.95 Å². The Kier molecular flexibility index (Phi) is 5.21. The number of anilines is 2. The molecule has 1 aliphatic rings. The van der Waals surface area contributed by atoms with Crippen molar-refractivity contribution in [3.63, 3.8) is 0 Å². The van der Waals surface area contributed by atoms with Crippen molar-refractivity contribution < 1.29 is 0 Å². The maximum Gasteiger partial charge on any atom is 0.225 e. The largest absolute Gasteiger partial charge is 0.367 e. The number of hydrogen-bond donors (Lipinski definition) is 2. The number of nitrogens with zero attached hydrogens (tertiary/aromatic N) is 2. The van der Waals surface area contributed by atoms with Crippen LogP contribution in [-0.2, 0) is 6.54 Å². The number of hydrogen-bond acceptors (Lipinski definition) is 4. The molecule has 2 N–H and O–H groups in total. The third kappa shape index (κ3) is 4.07. The Morgan fingerprint density at radius 3 is 2.65 bits per heavy atom. The van der Waals surface area contributed by atoms with Gasteiger partial charge in [0.15, 0.2) is 0 Å². The first-order valence-corrected chi connectivity index (χ1v) is 9.67. The topological polar surface area (TPSA) is 49.8 Å². The standard InChI is InChI=1S/C21H23ClN4/c22-16-8-6-7-15(13-16)14-23-21-25-19-12-5-4-11-18(19)20(26-21)24-17-9-2-1-3-10-17/h4-8,11-13,17H,1-3,9-10,14H2,(H2,23,24,25,26). The summed E-state index contributed by atoms with van der Waals surface area (Å²) in [7, 11) is 0. The molecule has 0 bridgehead atoms. The van der Waals surface area contributed by atoms with Gasteiger partial charge in [0.25, 0.3) is 0 Å². The lowest BCUT2D eigenvalue weighted by Crippen LogP contribution is -2.23. The molecule has 0 unspecified atom stereocenters. The summed E-state index contributed by atoms with van der Waals surface area (Å²) in [6.45, 7) is 0.641. The van der Waals surface area contributed by atoms with Crippen LogP contribution in [0.4, 0.5) is 11.8 Å². The molecule has 4 rings (SSSR count). The van der Waals surface area contributed by atoms with E-state index in [0.29, 0.717) is 18.5 Å². The fraction of sp³-hybridized carbons (Fsp3) is 0.333. The summed E-state index contributed by atoms with van der Waals surface area (Å²) in [5.41, 5.74) is 2.06. The molecule has 1 saturated carbocycles. The SMILES string of the molecule is Clc1cccc(CNc2nc(NC3CCCCC3)c3ccccc3n2)c1. The molecule has 3 aromatic rings. The predicted molar refractivity (Wildman–Crippen MR) is 109 cm³/mol. The van der Waals surface area contributed by atoms with Crippen LogP contribution in [0.2, 0.25) is 5.02 Å². The van der Waals surface area contributed by atoms with E-state index < -0.39 is 0 Å². The Morgan fingerprint density at radius 2 is 1.81 bits per heavy atom. The molecule has 4 nitrogen and oxygen atoms in total. The molecule has 26 heavy (non-hydrogen) atoms. The maximum absolute atomic E-state index is 6.07. The molecule has 0 spiro atoms. The van der Waals surface area contributed by atoms with Gasteiger partial charge in [0.1, 0.15) is 5.82 Å². The summed E-state index contributed by atoms with van der Waals surface area (Å²) < 4.78 is 0. The van der Waals surface area contributed by atoms with Crippen molar-refractivity contribution in [1.29, 1.82) is 0 Å². The Bertz CT molecular complexity index is 890. The number of aromatic nitrogens is 2. The molecule has 1 aliphatic carbocycles. The molecule has 1 heterocycles. The van der Waals surface area contributed by atoms with E-state index in [2.05, 4.69) is 21.7 Å². The molecule has 2 aromatic carbocycles. The Balaban J connectivity index is 1.58. The Labute approximate surface area is 159 Å². The number of benzene rings is 2. The van der Waals surface area contributed by atoms with Crippen molar-refractivity contribution >= 4 is 34.3 Å². The third-order valence-corrected chi connectivity index (χ3v) is 5.12. The molecule has 0 amide bonds. The molecule has 0 saturated heterocycles. The van der Waals surface area contributed by atoms with Crippen LogP contribution in [0.3, 0.4) is 0 Å². The van der Waals surface area contributed by atoms with Crippen LogP contribution < -0.4 is 10.6 Å². The van der Waals surface area contributed by atoms with Crippen LogP contribution in [0, 0.1) is 0 Å². The second-order valence-electron chi connectivity index (χ2n) is 6.88. The molecule has 0 radical (unpaired) electrons. The van der Waals surface area contributed by atoms with Crippen LogP contribution >= 0.6 is 11.6 Å².